The van der Waals surface area contributed by atoms with E-state index in [-0.39, 0.29) is 23.5 Å². The van der Waals surface area contributed by atoms with Crippen molar-refractivity contribution in [3.8, 4) is 11.1 Å². The van der Waals surface area contributed by atoms with E-state index in [0.717, 1.165) is 47.1 Å². The van der Waals surface area contributed by atoms with Crippen LogP contribution in [0.4, 0.5) is 5.69 Å². The predicted molar refractivity (Wildman–Crippen MR) is 137 cm³/mol. The van der Waals surface area contributed by atoms with Crippen LogP contribution in [-0.4, -0.2) is 61.7 Å². The zero-order chi connectivity index (χ0) is 26.0. The molecule has 0 aliphatic heterocycles. The summed E-state index contributed by atoms with van der Waals surface area (Å²) >= 11 is 1.11. The Kier molecular flexibility index (Phi) is 7.38. The highest BCUT2D eigenvalue weighted by molar-refractivity contribution is 7.91. The summed E-state index contributed by atoms with van der Waals surface area (Å²) in [5.74, 6) is -1.66. The maximum absolute atomic E-state index is 12.8. The van der Waals surface area contributed by atoms with Gasteiger partial charge in [-0.2, -0.15) is 0 Å². The summed E-state index contributed by atoms with van der Waals surface area (Å²) in [6.45, 7) is 0.978. The van der Waals surface area contributed by atoms with Gasteiger partial charge in [-0.15, -0.1) is 11.3 Å². The second-order valence-electron chi connectivity index (χ2n) is 8.74. The van der Waals surface area contributed by atoms with Crippen LogP contribution in [0.15, 0.2) is 36.4 Å². The number of carbonyl (C=O) groups excluding carboxylic acids is 3. The van der Waals surface area contributed by atoms with E-state index < -0.39 is 33.5 Å². The Hall–Kier alpha value is -3.35. The SMILES string of the molecule is Cc1cc(NC(=O)CO)ccc1-c1ccc2nc(C(C(=O)NCC(=O)NC3CC3)S(C)(=O)=O)sc2c1. The number of aliphatic hydroxyl groups excluding tert-OH is 1. The Morgan fingerprint density at radius 2 is 1.89 bits per heavy atom. The summed E-state index contributed by atoms with van der Waals surface area (Å²) < 4.78 is 25.7. The number of benzene rings is 2. The fourth-order valence-electron chi connectivity index (χ4n) is 3.74. The highest BCUT2D eigenvalue weighted by Crippen LogP contribution is 2.34. The number of aliphatic hydroxyl groups is 1. The third-order valence-corrected chi connectivity index (χ3v) is 8.15. The van der Waals surface area contributed by atoms with Crippen molar-refractivity contribution >= 4 is 54.8 Å². The van der Waals surface area contributed by atoms with Gasteiger partial charge in [0.1, 0.15) is 11.6 Å². The summed E-state index contributed by atoms with van der Waals surface area (Å²) in [6, 6.07) is 11.0. The van der Waals surface area contributed by atoms with Crippen LogP contribution in [0.1, 0.15) is 28.7 Å². The molecule has 1 unspecified atom stereocenters. The number of carbonyl (C=O) groups is 3. The smallest absolute Gasteiger partial charge is 0.250 e. The van der Waals surface area contributed by atoms with Crippen molar-refractivity contribution in [3.05, 3.63) is 47.0 Å². The van der Waals surface area contributed by atoms with Crippen molar-refractivity contribution in [2.24, 2.45) is 0 Å². The first-order valence-corrected chi connectivity index (χ1v) is 14.0. The van der Waals surface area contributed by atoms with E-state index in [2.05, 4.69) is 20.9 Å². The zero-order valence-corrected chi connectivity index (χ0v) is 21.3. The lowest BCUT2D eigenvalue weighted by molar-refractivity contribution is -0.126. The first-order chi connectivity index (χ1) is 17.0. The van der Waals surface area contributed by atoms with Crippen molar-refractivity contribution < 1.29 is 27.9 Å². The van der Waals surface area contributed by atoms with E-state index in [4.69, 9.17) is 5.11 Å². The molecule has 1 aromatic heterocycles. The molecule has 36 heavy (non-hydrogen) atoms. The van der Waals surface area contributed by atoms with E-state index >= 15 is 0 Å². The number of fused-ring (bicyclic) bond motifs is 1. The monoisotopic (exact) mass is 530 g/mol. The number of rotatable bonds is 9. The maximum Gasteiger partial charge on any atom is 0.250 e. The standard InChI is InChI=1S/C24H26N4O6S2/c1-13-9-16(27-21(31)12-29)6-7-17(13)14-3-8-18-19(10-14)35-24(28-18)22(36(2,33)34)23(32)25-11-20(30)26-15-4-5-15/h3,6-10,15,22,29H,4-5,11-12H2,1-2H3,(H,25,32)(H,26,30)(H,27,31). The van der Waals surface area contributed by atoms with E-state index in [1.807, 2.05) is 25.1 Å². The second kappa shape index (κ2) is 10.3. The summed E-state index contributed by atoms with van der Waals surface area (Å²) in [4.78, 5) is 40.5. The number of nitrogens with zero attached hydrogens (tertiary/aromatic N) is 1. The third kappa shape index (κ3) is 6.07. The van der Waals surface area contributed by atoms with E-state index in [1.165, 1.54) is 0 Å². The van der Waals surface area contributed by atoms with E-state index in [0.29, 0.717) is 15.9 Å². The van der Waals surface area contributed by atoms with E-state index in [1.54, 1.807) is 18.2 Å². The van der Waals surface area contributed by atoms with E-state index in [9.17, 15) is 22.8 Å². The fraction of sp³-hybridized carbons (Fsp3) is 0.333. The van der Waals surface area contributed by atoms with Crippen LogP contribution in [0.5, 0.6) is 0 Å². The molecule has 0 radical (unpaired) electrons. The molecule has 1 atom stereocenters. The quantitative estimate of drug-likeness (QED) is 0.328. The maximum atomic E-state index is 12.8. The molecule has 4 N–H and O–H groups in total. The summed E-state index contributed by atoms with van der Waals surface area (Å²) in [5, 5.41) is 15.3. The van der Waals surface area contributed by atoms with Gasteiger partial charge in [0.2, 0.25) is 17.7 Å². The minimum atomic E-state index is -3.86. The molecule has 1 heterocycles. The minimum absolute atomic E-state index is 0.128. The molecule has 1 aliphatic rings. The Labute approximate surface area is 212 Å². The van der Waals surface area contributed by atoms with Crippen LogP contribution in [0.3, 0.4) is 0 Å². The molecule has 0 bridgehead atoms. The van der Waals surface area contributed by atoms with Crippen LogP contribution in [0.2, 0.25) is 0 Å². The summed E-state index contributed by atoms with van der Waals surface area (Å²) in [7, 11) is -3.86. The van der Waals surface area contributed by atoms with Crippen LogP contribution < -0.4 is 16.0 Å². The van der Waals surface area contributed by atoms with Crippen molar-refractivity contribution in [2.45, 2.75) is 31.1 Å². The van der Waals surface area contributed by atoms with Crippen molar-refractivity contribution in [3.63, 3.8) is 0 Å². The average Bonchev–Trinajstić information content (AvgIpc) is 3.52. The lowest BCUT2D eigenvalue weighted by atomic mass is 10.00. The molecule has 10 nitrogen and oxygen atoms in total. The Balaban J connectivity index is 1.58. The lowest BCUT2D eigenvalue weighted by Gasteiger charge is -2.12. The number of aryl methyl sites for hydroxylation is 1. The zero-order valence-electron chi connectivity index (χ0n) is 19.7. The normalized spacial score (nSPS) is 14.3. The Bertz CT molecular complexity index is 1450. The number of anilines is 1. The molecular weight excluding hydrogens is 504 g/mol. The average molecular weight is 531 g/mol. The number of aromatic nitrogens is 1. The number of thiazole rings is 1. The van der Waals surface area contributed by atoms with Gasteiger partial charge in [0.15, 0.2) is 15.1 Å². The number of hydrogen-bond acceptors (Lipinski definition) is 8. The third-order valence-electron chi connectivity index (χ3n) is 5.63. The van der Waals surface area contributed by atoms with Crippen molar-refractivity contribution in [1.29, 1.82) is 0 Å². The molecular formula is C24H26N4O6S2. The number of amides is 3. The van der Waals surface area contributed by atoms with Crippen LogP contribution in [-0.2, 0) is 24.2 Å². The van der Waals surface area contributed by atoms with Gasteiger partial charge >= 0.3 is 0 Å². The highest BCUT2D eigenvalue weighted by atomic mass is 32.2. The van der Waals surface area contributed by atoms with Gasteiger partial charge in [-0.25, -0.2) is 13.4 Å². The molecule has 4 rings (SSSR count). The topological polar surface area (TPSA) is 155 Å². The van der Waals surface area contributed by atoms with Crippen molar-refractivity contribution in [2.75, 3.05) is 24.7 Å². The van der Waals surface area contributed by atoms with Gasteiger partial charge in [-0.05, 0) is 60.7 Å². The molecule has 0 saturated heterocycles. The molecule has 1 fully saturated rings. The first-order valence-electron chi connectivity index (χ1n) is 11.2. The largest absolute Gasteiger partial charge is 0.387 e. The lowest BCUT2D eigenvalue weighted by Crippen LogP contribution is -2.41. The molecule has 0 spiro atoms. The van der Waals surface area contributed by atoms with Crippen LogP contribution in [0, 0.1) is 6.92 Å². The fourth-order valence-corrected chi connectivity index (χ4v) is 6.29. The predicted octanol–water partition coefficient (Wildman–Crippen LogP) is 1.68. The molecule has 190 valence electrons. The van der Waals surface area contributed by atoms with Gasteiger partial charge in [0.25, 0.3) is 0 Å². The second-order valence-corrected chi connectivity index (χ2v) is 11.9. The Morgan fingerprint density at radius 1 is 1.14 bits per heavy atom. The Morgan fingerprint density at radius 3 is 2.53 bits per heavy atom. The van der Waals surface area contributed by atoms with Gasteiger partial charge in [0.05, 0.1) is 16.8 Å². The highest BCUT2D eigenvalue weighted by Gasteiger charge is 2.34. The summed E-state index contributed by atoms with van der Waals surface area (Å²) in [5.41, 5.74) is 3.74. The van der Waals surface area contributed by atoms with Crippen molar-refractivity contribution in [1.82, 2.24) is 15.6 Å². The van der Waals surface area contributed by atoms with Gasteiger partial charge in [-0.3, -0.25) is 14.4 Å². The van der Waals surface area contributed by atoms with Gasteiger partial charge in [-0.1, -0.05) is 12.1 Å². The van der Waals surface area contributed by atoms with Gasteiger partial charge < -0.3 is 21.1 Å². The molecule has 3 amide bonds. The first kappa shape index (κ1) is 25.7. The number of hydrogen-bond donors (Lipinski definition) is 4. The van der Waals surface area contributed by atoms with Crippen LogP contribution in [0.25, 0.3) is 21.3 Å². The summed E-state index contributed by atoms with van der Waals surface area (Å²) in [6.07, 6.45) is 2.78. The molecule has 3 aromatic rings. The molecule has 2 aromatic carbocycles. The minimum Gasteiger partial charge on any atom is -0.387 e. The molecule has 1 saturated carbocycles. The van der Waals surface area contributed by atoms with Crippen LogP contribution >= 0.6 is 11.3 Å². The van der Waals surface area contributed by atoms with Gasteiger partial charge in [0, 0.05) is 18.0 Å². The molecule has 12 heteroatoms. The number of nitrogens with one attached hydrogen (secondary N) is 3. The number of sulfone groups is 1. The molecule has 1 aliphatic carbocycles.